The molecular formula is C19H15FN4O3S. The maximum Gasteiger partial charge on any atom is 0.270 e. The number of thioether (sulfide) groups is 1. The summed E-state index contributed by atoms with van der Waals surface area (Å²) in [5, 5.41) is 19.4. The van der Waals surface area contributed by atoms with Crippen LogP contribution in [0.15, 0.2) is 66.3 Å². The van der Waals surface area contributed by atoms with E-state index in [0.717, 1.165) is 11.8 Å². The first kappa shape index (κ1) is 19.4. The van der Waals surface area contributed by atoms with Crippen molar-refractivity contribution in [2.75, 3.05) is 5.75 Å². The molecule has 3 aromatic rings. The van der Waals surface area contributed by atoms with Crippen LogP contribution in [0.25, 0.3) is 11.4 Å². The zero-order valence-electron chi connectivity index (χ0n) is 14.6. The number of hydrogen-bond acceptors (Lipinski definition) is 6. The van der Waals surface area contributed by atoms with Gasteiger partial charge in [0.2, 0.25) is 0 Å². The molecule has 0 spiro atoms. The van der Waals surface area contributed by atoms with Gasteiger partial charge in [0.25, 0.3) is 5.69 Å². The van der Waals surface area contributed by atoms with Crippen LogP contribution in [0.3, 0.4) is 0 Å². The number of carbonyl (C=O) groups excluding carboxylic acids is 1. The number of benzene rings is 2. The van der Waals surface area contributed by atoms with Gasteiger partial charge in [-0.2, -0.15) is 0 Å². The molecule has 1 heterocycles. The Bertz CT molecular complexity index is 1050. The second kappa shape index (κ2) is 8.57. The number of nitro benzene ring substituents is 1. The zero-order valence-corrected chi connectivity index (χ0v) is 15.4. The molecule has 9 heteroatoms. The lowest BCUT2D eigenvalue weighted by atomic mass is 10.1. The van der Waals surface area contributed by atoms with Crippen molar-refractivity contribution in [1.29, 1.82) is 0 Å². The van der Waals surface area contributed by atoms with Gasteiger partial charge in [-0.05, 0) is 12.1 Å². The molecule has 0 saturated carbocycles. The van der Waals surface area contributed by atoms with E-state index in [1.807, 2.05) is 0 Å². The third kappa shape index (κ3) is 4.15. The maximum atomic E-state index is 14.1. The highest BCUT2D eigenvalue weighted by molar-refractivity contribution is 7.99. The van der Waals surface area contributed by atoms with Crippen molar-refractivity contribution < 1.29 is 14.1 Å². The number of allylic oxidation sites excluding steroid dienone is 1. The summed E-state index contributed by atoms with van der Waals surface area (Å²) in [4.78, 5) is 22.7. The highest BCUT2D eigenvalue weighted by Crippen LogP contribution is 2.26. The van der Waals surface area contributed by atoms with Gasteiger partial charge in [0.15, 0.2) is 16.8 Å². The summed E-state index contributed by atoms with van der Waals surface area (Å²) in [6, 6.07) is 11.8. The van der Waals surface area contributed by atoms with E-state index in [1.54, 1.807) is 28.8 Å². The van der Waals surface area contributed by atoms with Gasteiger partial charge in [0.05, 0.1) is 16.2 Å². The van der Waals surface area contributed by atoms with Crippen LogP contribution < -0.4 is 0 Å². The van der Waals surface area contributed by atoms with Gasteiger partial charge in [-0.3, -0.25) is 19.5 Å². The van der Waals surface area contributed by atoms with Gasteiger partial charge in [0.1, 0.15) is 5.82 Å². The van der Waals surface area contributed by atoms with Crippen LogP contribution in [0.2, 0.25) is 0 Å². The van der Waals surface area contributed by atoms with E-state index in [4.69, 9.17) is 0 Å². The van der Waals surface area contributed by atoms with Crippen LogP contribution in [-0.2, 0) is 6.54 Å². The summed E-state index contributed by atoms with van der Waals surface area (Å²) in [6.45, 7) is 4.03. The van der Waals surface area contributed by atoms with E-state index in [2.05, 4.69) is 16.8 Å². The lowest BCUT2D eigenvalue weighted by Crippen LogP contribution is -2.06. The Labute approximate surface area is 164 Å². The van der Waals surface area contributed by atoms with Gasteiger partial charge >= 0.3 is 0 Å². The average molecular weight is 398 g/mol. The smallest absolute Gasteiger partial charge is 0.270 e. The Morgan fingerprint density at radius 2 is 2.04 bits per heavy atom. The molecule has 0 saturated heterocycles. The number of ketones is 1. The lowest BCUT2D eigenvalue weighted by molar-refractivity contribution is -0.384. The second-order valence-electron chi connectivity index (χ2n) is 5.70. The standard InChI is InChI=1S/C19H15FN4O3S/c1-2-10-23-18(15-8-3-4-9-16(15)20)21-22-19(23)28-12-17(25)13-6-5-7-14(11-13)24(26)27/h2-9,11H,1,10,12H2. The van der Waals surface area contributed by atoms with E-state index >= 15 is 0 Å². The van der Waals surface area contributed by atoms with Crippen molar-refractivity contribution in [1.82, 2.24) is 14.8 Å². The quantitative estimate of drug-likeness (QED) is 0.186. The summed E-state index contributed by atoms with van der Waals surface area (Å²) < 4.78 is 15.8. The predicted molar refractivity (Wildman–Crippen MR) is 104 cm³/mol. The van der Waals surface area contributed by atoms with E-state index in [9.17, 15) is 19.3 Å². The molecule has 0 aliphatic carbocycles. The molecule has 28 heavy (non-hydrogen) atoms. The summed E-state index contributed by atoms with van der Waals surface area (Å²) in [5.74, 6) is -0.365. The molecule has 0 radical (unpaired) electrons. The predicted octanol–water partition coefficient (Wildman–Crippen LogP) is 4.15. The number of rotatable bonds is 8. The molecule has 0 atom stereocenters. The molecule has 0 N–H and O–H groups in total. The molecule has 142 valence electrons. The van der Waals surface area contributed by atoms with Crippen molar-refractivity contribution in [3.8, 4) is 11.4 Å². The number of hydrogen-bond donors (Lipinski definition) is 0. The first-order valence-corrected chi connectivity index (χ1v) is 9.19. The summed E-state index contributed by atoms with van der Waals surface area (Å²) >= 11 is 1.13. The molecule has 0 aliphatic rings. The number of aromatic nitrogens is 3. The Morgan fingerprint density at radius 1 is 1.25 bits per heavy atom. The Balaban J connectivity index is 1.82. The minimum absolute atomic E-state index is 0.00765. The van der Waals surface area contributed by atoms with Gasteiger partial charge in [-0.1, -0.05) is 42.1 Å². The van der Waals surface area contributed by atoms with Crippen molar-refractivity contribution in [2.45, 2.75) is 11.7 Å². The second-order valence-corrected chi connectivity index (χ2v) is 6.65. The highest BCUT2D eigenvalue weighted by atomic mass is 32.2. The van der Waals surface area contributed by atoms with Crippen molar-refractivity contribution in [3.05, 3.63) is 82.7 Å². The number of non-ortho nitro benzene ring substituents is 1. The first-order chi connectivity index (χ1) is 13.5. The topological polar surface area (TPSA) is 90.9 Å². The van der Waals surface area contributed by atoms with Crippen LogP contribution in [0.4, 0.5) is 10.1 Å². The Hall–Kier alpha value is -3.33. The van der Waals surface area contributed by atoms with Crippen LogP contribution in [0.1, 0.15) is 10.4 Å². The summed E-state index contributed by atoms with van der Waals surface area (Å²) in [6.07, 6.45) is 1.63. The largest absolute Gasteiger partial charge is 0.298 e. The van der Waals surface area contributed by atoms with Crippen LogP contribution in [-0.4, -0.2) is 31.2 Å². The van der Waals surface area contributed by atoms with Crippen LogP contribution in [0.5, 0.6) is 0 Å². The molecule has 0 fully saturated rings. The van der Waals surface area contributed by atoms with Crippen molar-refractivity contribution >= 4 is 23.2 Å². The van der Waals surface area contributed by atoms with Gasteiger partial charge in [-0.25, -0.2) is 4.39 Å². The van der Waals surface area contributed by atoms with Crippen molar-refractivity contribution in [2.24, 2.45) is 0 Å². The third-order valence-electron chi connectivity index (χ3n) is 3.85. The summed E-state index contributed by atoms with van der Waals surface area (Å²) in [7, 11) is 0. The Kier molecular flexibility index (Phi) is 5.95. The molecule has 7 nitrogen and oxygen atoms in total. The third-order valence-corrected chi connectivity index (χ3v) is 4.82. The molecule has 3 rings (SSSR count). The van der Waals surface area contributed by atoms with E-state index < -0.39 is 10.7 Å². The minimum Gasteiger partial charge on any atom is -0.298 e. The maximum absolute atomic E-state index is 14.1. The molecule has 0 amide bonds. The molecule has 1 aromatic heterocycles. The molecule has 0 bridgehead atoms. The average Bonchev–Trinajstić information content (AvgIpc) is 3.09. The normalized spacial score (nSPS) is 10.6. The number of Topliss-reactive ketones (excluding diaryl/α,β-unsaturated/α-hetero) is 1. The lowest BCUT2D eigenvalue weighted by Gasteiger charge is -2.08. The fourth-order valence-corrected chi connectivity index (χ4v) is 3.38. The fourth-order valence-electron chi connectivity index (χ4n) is 2.54. The number of carbonyl (C=O) groups is 1. The first-order valence-electron chi connectivity index (χ1n) is 8.20. The van der Waals surface area contributed by atoms with E-state index in [0.29, 0.717) is 23.1 Å². The van der Waals surface area contributed by atoms with Crippen LogP contribution in [0, 0.1) is 15.9 Å². The monoisotopic (exact) mass is 398 g/mol. The van der Waals surface area contributed by atoms with E-state index in [-0.39, 0.29) is 22.8 Å². The number of halogens is 1. The Morgan fingerprint density at radius 3 is 2.75 bits per heavy atom. The summed E-state index contributed by atoms with van der Waals surface area (Å²) in [5.41, 5.74) is 0.395. The van der Waals surface area contributed by atoms with Crippen molar-refractivity contribution in [3.63, 3.8) is 0 Å². The van der Waals surface area contributed by atoms with Gasteiger partial charge in [0, 0.05) is 24.2 Å². The molecule has 0 unspecified atom stereocenters. The number of nitro groups is 1. The fraction of sp³-hybridized carbons (Fsp3) is 0.105. The molecule has 0 aliphatic heterocycles. The highest BCUT2D eigenvalue weighted by Gasteiger charge is 2.18. The zero-order chi connectivity index (χ0) is 20.1. The SMILES string of the molecule is C=CCn1c(SCC(=O)c2cccc([N+](=O)[O-])c2)nnc1-c1ccccc1F. The number of nitrogens with zero attached hydrogens (tertiary/aromatic N) is 4. The molecular weight excluding hydrogens is 383 g/mol. The minimum atomic E-state index is -0.550. The van der Waals surface area contributed by atoms with E-state index in [1.165, 1.54) is 30.3 Å². The van der Waals surface area contributed by atoms with Gasteiger partial charge < -0.3 is 0 Å². The van der Waals surface area contributed by atoms with Gasteiger partial charge in [-0.15, -0.1) is 16.8 Å². The van der Waals surface area contributed by atoms with Crippen LogP contribution >= 0.6 is 11.8 Å². The molecule has 2 aromatic carbocycles.